The lowest BCUT2D eigenvalue weighted by atomic mass is 10.0. The van der Waals surface area contributed by atoms with Gasteiger partial charge >= 0.3 is 11.9 Å². The van der Waals surface area contributed by atoms with E-state index in [9.17, 15) is 19.8 Å². The number of para-hydroxylation sites is 2. The van der Waals surface area contributed by atoms with Crippen molar-refractivity contribution in [2.45, 2.75) is 37.1 Å². The van der Waals surface area contributed by atoms with E-state index >= 15 is 0 Å². The maximum atomic E-state index is 11.7. The second-order valence-corrected chi connectivity index (χ2v) is 8.43. The minimum atomic E-state index is -2.17. The third-order valence-corrected chi connectivity index (χ3v) is 5.37. The molecule has 206 valence electrons. The van der Waals surface area contributed by atoms with Crippen LogP contribution in [0.1, 0.15) is 5.56 Å². The summed E-state index contributed by atoms with van der Waals surface area (Å²) in [6.07, 6.45) is -8.93. The zero-order valence-corrected chi connectivity index (χ0v) is 21.2. The number of carboxylic acid groups (broad SMARTS) is 1. The lowest BCUT2D eigenvalue weighted by Crippen LogP contribution is -2.51. The lowest BCUT2D eigenvalue weighted by Gasteiger charge is -2.27. The maximum absolute atomic E-state index is 11.7. The van der Waals surface area contributed by atoms with Gasteiger partial charge in [0, 0.05) is 12.2 Å². The number of nitrogens with one attached hydrogen (secondary N) is 2. The van der Waals surface area contributed by atoms with Crippen molar-refractivity contribution in [1.82, 2.24) is 5.32 Å². The molecule has 0 aromatic heterocycles. The molecule has 2 aromatic rings. The number of aliphatic hydroxyl groups excluding tert-OH is 5. The van der Waals surface area contributed by atoms with E-state index in [4.69, 9.17) is 48.7 Å². The smallest absolute Gasteiger partial charge is 0.341 e. The predicted molar refractivity (Wildman–Crippen MR) is 135 cm³/mol. The van der Waals surface area contributed by atoms with Crippen LogP contribution in [-0.4, -0.2) is 98.6 Å². The summed E-state index contributed by atoms with van der Waals surface area (Å²) < 4.78 is 4.64. The first-order valence-electron chi connectivity index (χ1n) is 10.8. The summed E-state index contributed by atoms with van der Waals surface area (Å²) in [5.41, 5.74) is 1.80. The number of halogens is 2. The van der Waals surface area contributed by atoms with Crippen LogP contribution in [-0.2, 0) is 20.7 Å². The molecule has 37 heavy (non-hydrogen) atoms. The highest BCUT2D eigenvalue weighted by molar-refractivity contribution is 6.39. The van der Waals surface area contributed by atoms with Gasteiger partial charge in [0.2, 0.25) is 0 Å². The van der Waals surface area contributed by atoms with Gasteiger partial charge in [0.1, 0.15) is 18.3 Å². The van der Waals surface area contributed by atoms with Gasteiger partial charge in [-0.25, -0.2) is 4.79 Å². The lowest BCUT2D eigenvalue weighted by molar-refractivity contribution is -0.187. The molecule has 4 atom stereocenters. The Balaban J connectivity index is 0.000000422. The highest BCUT2D eigenvalue weighted by atomic mass is 35.5. The van der Waals surface area contributed by atoms with Crippen molar-refractivity contribution < 1.29 is 50.1 Å². The van der Waals surface area contributed by atoms with Crippen molar-refractivity contribution >= 4 is 46.5 Å². The predicted octanol–water partition coefficient (Wildman–Crippen LogP) is -0.133. The Morgan fingerprint density at radius 1 is 0.892 bits per heavy atom. The Morgan fingerprint density at radius 3 is 2.03 bits per heavy atom. The van der Waals surface area contributed by atoms with E-state index in [1.165, 1.54) is 7.05 Å². The summed E-state index contributed by atoms with van der Waals surface area (Å²) in [6.45, 7) is -0.656. The van der Waals surface area contributed by atoms with Gasteiger partial charge in [-0.2, -0.15) is 0 Å². The SMILES string of the molecule is CNCC(O)C(O)C(O)C(O)C(O)O.O=C(O)COC(=O)Cc1ccccc1Nc1c(Cl)cccc1Cl. The summed E-state index contributed by atoms with van der Waals surface area (Å²) >= 11 is 12.2. The molecule has 14 heteroatoms. The number of esters is 1. The van der Waals surface area contributed by atoms with Crippen molar-refractivity contribution in [2.75, 3.05) is 25.5 Å². The zero-order valence-electron chi connectivity index (χ0n) is 19.7. The molecule has 0 aliphatic carbocycles. The number of ether oxygens (including phenoxy) is 1. The van der Waals surface area contributed by atoms with Crippen molar-refractivity contribution in [1.29, 1.82) is 0 Å². The molecular weight excluding hydrogens is 535 g/mol. The van der Waals surface area contributed by atoms with Gasteiger partial charge in [-0.15, -0.1) is 0 Å². The Hall–Kier alpha value is -2.52. The first-order chi connectivity index (χ1) is 17.4. The number of hydrogen-bond donors (Lipinski definition) is 9. The number of aliphatic hydroxyl groups is 6. The second-order valence-electron chi connectivity index (χ2n) is 7.62. The van der Waals surface area contributed by atoms with Gasteiger partial charge in [-0.3, -0.25) is 4.79 Å². The fraction of sp³-hybridized carbons (Fsp3) is 0.391. The number of carbonyl (C=O) groups excluding carboxylic acids is 1. The highest BCUT2D eigenvalue weighted by Gasteiger charge is 2.33. The maximum Gasteiger partial charge on any atom is 0.341 e. The molecule has 0 heterocycles. The van der Waals surface area contributed by atoms with E-state index in [0.29, 0.717) is 27.0 Å². The largest absolute Gasteiger partial charge is 0.479 e. The molecule has 0 amide bonds. The van der Waals surface area contributed by atoms with Gasteiger partial charge in [0.25, 0.3) is 0 Å². The van der Waals surface area contributed by atoms with Crippen molar-refractivity contribution in [3.8, 4) is 0 Å². The fourth-order valence-corrected chi connectivity index (χ4v) is 3.32. The number of hydrogen-bond acceptors (Lipinski definition) is 11. The van der Waals surface area contributed by atoms with E-state index in [1.54, 1.807) is 42.5 Å². The number of carbonyl (C=O) groups is 2. The molecule has 0 saturated carbocycles. The molecule has 0 aliphatic rings. The summed E-state index contributed by atoms with van der Waals surface area (Å²) in [7, 11) is 1.53. The minimum Gasteiger partial charge on any atom is -0.479 e. The third-order valence-electron chi connectivity index (χ3n) is 4.74. The average Bonchev–Trinajstić information content (AvgIpc) is 2.85. The van der Waals surface area contributed by atoms with Crippen LogP contribution in [0.25, 0.3) is 0 Å². The monoisotopic (exact) mass is 564 g/mol. The molecule has 2 aromatic carbocycles. The molecule has 0 saturated heterocycles. The third kappa shape index (κ3) is 11.2. The molecule has 12 nitrogen and oxygen atoms in total. The Morgan fingerprint density at radius 2 is 1.49 bits per heavy atom. The highest BCUT2D eigenvalue weighted by Crippen LogP contribution is 2.33. The number of likely N-dealkylation sites (N-methyl/N-ethyl adjacent to an activating group) is 1. The molecule has 0 bridgehead atoms. The molecule has 0 radical (unpaired) electrons. The van der Waals surface area contributed by atoms with Crippen LogP contribution < -0.4 is 10.6 Å². The first kappa shape index (κ1) is 32.5. The Bertz CT molecular complexity index is 991. The molecule has 2 rings (SSSR count). The van der Waals surface area contributed by atoms with Crippen LogP contribution in [0.5, 0.6) is 0 Å². The van der Waals surface area contributed by atoms with E-state index < -0.39 is 49.3 Å². The van der Waals surface area contributed by atoms with Crippen LogP contribution in [0.3, 0.4) is 0 Å². The van der Waals surface area contributed by atoms with Gasteiger partial charge in [-0.05, 0) is 30.8 Å². The van der Waals surface area contributed by atoms with E-state index in [2.05, 4.69) is 15.4 Å². The summed E-state index contributed by atoms with van der Waals surface area (Å²) in [6, 6.07) is 12.2. The second kappa shape index (κ2) is 16.3. The number of aliphatic carboxylic acids is 1. The Labute approximate surface area is 222 Å². The average molecular weight is 565 g/mol. The van der Waals surface area contributed by atoms with Crippen molar-refractivity contribution in [2.24, 2.45) is 0 Å². The minimum absolute atomic E-state index is 0.00642. The summed E-state index contributed by atoms with van der Waals surface area (Å²) in [4.78, 5) is 22.1. The van der Waals surface area contributed by atoms with Crippen molar-refractivity contribution in [3.63, 3.8) is 0 Å². The van der Waals surface area contributed by atoms with Crippen LogP contribution in [0.2, 0.25) is 10.0 Å². The number of anilines is 2. The van der Waals surface area contributed by atoms with Crippen LogP contribution in [0.4, 0.5) is 11.4 Å². The standard InChI is InChI=1S/C16H13Cl2NO4.C7H17NO6/c17-11-5-3-6-12(18)16(11)19-13-7-2-1-4-10(13)8-15(22)23-9-14(20)21;1-8-2-3(9)4(10)5(11)6(12)7(13)14/h1-7,19H,8-9H2,(H,20,21);3-14H,2H2,1H3. The first-order valence-corrected chi connectivity index (χ1v) is 11.5. The normalized spacial score (nSPS) is 14.1. The molecule has 0 spiro atoms. The molecule has 0 fully saturated rings. The fourth-order valence-electron chi connectivity index (χ4n) is 2.83. The summed E-state index contributed by atoms with van der Waals surface area (Å²) in [5.74, 6) is -1.83. The number of carboxylic acids is 1. The van der Waals surface area contributed by atoms with E-state index in [0.717, 1.165) is 0 Å². The van der Waals surface area contributed by atoms with Crippen LogP contribution in [0, 0.1) is 0 Å². The van der Waals surface area contributed by atoms with Crippen LogP contribution in [0.15, 0.2) is 42.5 Å². The molecule has 0 aliphatic heterocycles. The number of rotatable bonds is 12. The molecular formula is C23H30Cl2N2O10. The molecule has 9 N–H and O–H groups in total. The van der Waals surface area contributed by atoms with Gasteiger partial charge in [0.15, 0.2) is 12.9 Å². The van der Waals surface area contributed by atoms with Gasteiger partial charge < -0.3 is 51.1 Å². The topological polar surface area (TPSA) is 209 Å². The van der Waals surface area contributed by atoms with Gasteiger partial charge in [0.05, 0.1) is 28.3 Å². The van der Waals surface area contributed by atoms with Crippen LogP contribution >= 0.6 is 23.2 Å². The molecule has 4 unspecified atom stereocenters. The quantitative estimate of drug-likeness (QED) is 0.122. The Kier molecular flexibility index (Phi) is 14.4. The number of benzene rings is 2. The van der Waals surface area contributed by atoms with E-state index in [-0.39, 0.29) is 13.0 Å². The summed E-state index contributed by atoms with van der Waals surface area (Å²) in [5, 5.41) is 68.5. The zero-order chi connectivity index (χ0) is 28.1. The van der Waals surface area contributed by atoms with Gasteiger partial charge in [-0.1, -0.05) is 47.5 Å². The van der Waals surface area contributed by atoms with Crippen molar-refractivity contribution in [3.05, 3.63) is 58.1 Å². The van der Waals surface area contributed by atoms with E-state index in [1.807, 2.05) is 0 Å².